The van der Waals surface area contributed by atoms with Crippen LogP contribution in [0.15, 0.2) is 30.5 Å². The van der Waals surface area contributed by atoms with E-state index in [4.69, 9.17) is 23.2 Å². The molecule has 0 spiro atoms. The maximum absolute atomic E-state index is 6.02. The van der Waals surface area contributed by atoms with Crippen molar-refractivity contribution in [1.82, 2.24) is 9.97 Å². The average molecular weight is 339 g/mol. The molecule has 0 saturated carbocycles. The molecule has 118 valence electrons. The van der Waals surface area contributed by atoms with E-state index in [1.54, 1.807) is 18.3 Å². The first-order valence-corrected chi connectivity index (χ1v) is 8.19. The third-order valence-corrected chi connectivity index (χ3v) is 3.87. The molecule has 0 amide bonds. The van der Waals surface area contributed by atoms with E-state index in [0.29, 0.717) is 16.0 Å². The van der Waals surface area contributed by atoms with Crippen molar-refractivity contribution < 1.29 is 0 Å². The molecule has 0 saturated heterocycles. The van der Waals surface area contributed by atoms with Crippen molar-refractivity contribution in [3.8, 4) is 0 Å². The minimum atomic E-state index is 0.501. The molecule has 1 aromatic carbocycles. The summed E-state index contributed by atoms with van der Waals surface area (Å²) in [4.78, 5) is 11.1. The van der Waals surface area contributed by atoms with Gasteiger partial charge in [-0.2, -0.15) is 4.98 Å². The van der Waals surface area contributed by atoms with Crippen molar-refractivity contribution in [2.24, 2.45) is 0 Å². The first kappa shape index (κ1) is 16.8. The van der Waals surface area contributed by atoms with Crippen LogP contribution in [0.5, 0.6) is 0 Å². The molecule has 0 aliphatic rings. The van der Waals surface area contributed by atoms with E-state index in [-0.39, 0.29) is 0 Å². The Hall–Kier alpha value is -1.52. The first-order chi connectivity index (χ1) is 10.6. The highest BCUT2D eigenvalue weighted by Crippen LogP contribution is 2.26. The maximum atomic E-state index is 6.02. The van der Waals surface area contributed by atoms with Crippen molar-refractivity contribution in [1.29, 1.82) is 0 Å². The number of aromatic nitrogens is 2. The van der Waals surface area contributed by atoms with Gasteiger partial charge in [0.1, 0.15) is 5.82 Å². The van der Waals surface area contributed by atoms with Crippen molar-refractivity contribution >= 4 is 40.7 Å². The zero-order valence-corrected chi connectivity index (χ0v) is 14.3. The van der Waals surface area contributed by atoms with E-state index in [9.17, 15) is 0 Å². The maximum Gasteiger partial charge on any atom is 0.229 e. The van der Waals surface area contributed by atoms with Crippen LogP contribution in [0.4, 0.5) is 17.5 Å². The number of hydrogen-bond donors (Lipinski definition) is 1. The number of hydrogen-bond acceptors (Lipinski definition) is 4. The van der Waals surface area contributed by atoms with Gasteiger partial charge in [-0.1, -0.05) is 37.0 Å². The summed E-state index contributed by atoms with van der Waals surface area (Å²) in [6.07, 6.45) is 3.93. The Morgan fingerprint density at radius 1 is 1.05 bits per heavy atom. The van der Waals surface area contributed by atoms with E-state index in [2.05, 4.69) is 34.0 Å². The Balaban J connectivity index is 2.18. The fraction of sp³-hybridized carbons (Fsp3) is 0.375. The van der Waals surface area contributed by atoms with Crippen LogP contribution in [0.2, 0.25) is 10.0 Å². The van der Waals surface area contributed by atoms with E-state index in [0.717, 1.165) is 37.4 Å². The van der Waals surface area contributed by atoms with Crippen molar-refractivity contribution in [2.75, 3.05) is 23.3 Å². The zero-order chi connectivity index (χ0) is 15.9. The van der Waals surface area contributed by atoms with E-state index >= 15 is 0 Å². The summed E-state index contributed by atoms with van der Waals surface area (Å²) in [6.45, 7) is 6.30. The van der Waals surface area contributed by atoms with E-state index in [1.807, 2.05) is 12.1 Å². The molecule has 0 atom stereocenters. The molecule has 2 aromatic rings. The first-order valence-electron chi connectivity index (χ1n) is 7.44. The van der Waals surface area contributed by atoms with Gasteiger partial charge in [-0.15, -0.1) is 0 Å². The lowest BCUT2D eigenvalue weighted by molar-refractivity contribution is 0.733. The lowest BCUT2D eigenvalue weighted by atomic mass is 10.3. The monoisotopic (exact) mass is 338 g/mol. The standard InChI is InChI=1S/C16H20Cl2N4/c1-3-9-22(10-4-2)15-7-8-19-16(21-15)20-12-5-6-13(17)14(18)11-12/h5-8,11H,3-4,9-10H2,1-2H3,(H,19,20,21). The van der Waals surface area contributed by atoms with Crippen LogP contribution in [-0.4, -0.2) is 23.1 Å². The summed E-state index contributed by atoms with van der Waals surface area (Å²) in [5.74, 6) is 1.48. The zero-order valence-electron chi connectivity index (χ0n) is 12.8. The molecule has 0 radical (unpaired) electrons. The van der Waals surface area contributed by atoms with Crippen LogP contribution < -0.4 is 10.2 Å². The highest BCUT2D eigenvalue weighted by Gasteiger charge is 2.08. The van der Waals surface area contributed by atoms with Gasteiger partial charge in [0, 0.05) is 25.0 Å². The topological polar surface area (TPSA) is 41.1 Å². The van der Waals surface area contributed by atoms with Crippen LogP contribution in [0.25, 0.3) is 0 Å². The summed E-state index contributed by atoms with van der Waals surface area (Å²) in [5, 5.41) is 4.19. The molecule has 0 aliphatic heterocycles. The van der Waals surface area contributed by atoms with Gasteiger partial charge in [-0.25, -0.2) is 4.98 Å². The van der Waals surface area contributed by atoms with E-state index in [1.165, 1.54) is 0 Å². The Bertz CT molecular complexity index is 613. The van der Waals surface area contributed by atoms with Crippen LogP contribution in [0.3, 0.4) is 0 Å². The van der Waals surface area contributed by atoms with Crippen LogP contribution in [0, 0.1) is 0 Å². The van der Waals surface area contributed by atoms with Crippen molar-refractivity contribution in [2.45, 2.75) is 26.7 Å². The molecular formula is C16H20Cl2N4. The Morgan fingerprint density at radius 2 is 1.77 bits per heavy atom. The summed E-state index contributed by atoms with van der Waals surface area (Å²) >= 11 is 11.9. The summed E-state index contributed by atoms with van der Waals surface area (Å²) < 4.78 is 0. The molecule has 2 rings (SSSR count). The number of nitrogens with zero attached hydrogens (tertiary/aromatic N) is 3. The number of anilines is 3. The molecule has 22 heavy (non-hydrogen) atoms. The molecular weight excluding hydrogens is 319 g/mol. The molecule has 1 N–H and O–H groups in total. The lowest BCUT2D eigenvalue weighted by Gasteiger charge is -2.22. The SMILES string of the molecule is CCCN(CCC)c1ccnc(Nc2ccc(Cl)c(Cl)c2)n1. The number of rotatable bonds is 7. The largest absolute Gasteiger partial charge is 0.356 e. The Labute approximate surface area is 141 Å². The average Bonchev–Trinajstić information content (AvgIpc) is 2.51. The van der Waals surface area contributed by atoms with Crippen LogP contribution >= 0.6 is 23.2 Å². The lowest BCUT2D eigenvalue weighted by Crippen LogP contribution is -2.26. The Morgan fingerprint density at radius 3 is 2.41 bits per heavy atom. The number of halogens is 2. The number of benzene rings is 1. The quantitative estimate of drug-likeness (QED) is 0.757. The van der Waals surface area contributed by atoms with Gasteiger partial charge < -0.3 is 10.2 Å². The van der Waals surface area contributed by atoms with Crippen molar-refractivity contribution in [3.63, 3.8) is 0 Å². The third kappa shape index (κ3) is 4.49. The van der Waals surface area contributed by atoms with Crippen molar-refractivity contribution in [3.05, 3.63) is 40.5 Å². The molecule has 0 aliphatic carbocycles. The molecule has 1 heterocycles. The molecule has 0 fully saturated rings. The van der Waals surface area contributed by atoms with Gasteiger partial charge in [-0.3, -0.25) is 0 Å². The second kappa shape index (κ2) is 8.20. The molecule has 0 bridgehead atoms. The van der Waals surface area contributed by atoms with Gasteiger partial charge in [0.2, 0.25) is 5.95 Å². The molecule has 4 nitrogen and oxygen atoms in total. The highest BCUT2D eigenvalue weighted by molar-refractivity contribution is 6.42. The summed E-state index contributed by atoms with van der Waals surface area (Å²) in [6, 6.07) is 7.29. The normalized spacial score (nSPS) is 10.5. The Kier molecular flexibility index (Phi) is 6.28. The third-order valence-electron chi connectivity index (χ3n) is 3.13. The minimum absolute atomic E-state index is 0.501. The predicted octanol–water partition coefficient (Wildman–Crippen LogP) is 5.15. The van der Waals surface area contributed by atoms with Crippen LogP contribution in [0.1, 0.15) is 26.7 Å². The predicted molar refractivity (Wildman–Crippen MR) is 94.6 cm³/mol. The second-order valence-electron chi connectivity index (χ2n) is 4.98. The minimum Gasteiger partial charge on any atom is -0.356 e. The fourth-order valence-electron chi connectivity index (χ4n) is 2.17. The second-order valence-corrected chi connectivity index (χ2v) is 5.79. The summed E-state index contributed by atoms with van der Waals surface area (Å²) in [5.41, 5.74) is 0.809. The van der Waals surface area contributed by atoms with Gasteiger partial charge >= 0.3 is 0 Å². The molecule has 1 aromatic heterocycles. The van der Waals surface area contributed by atoms with Gasteiger partial charge in [0.25, 0.3) is 0 Å². The summed E-state index contributed by atoms with van der Waals surface area (Å²) in [7, 11) is 0. The number of nitrogens with one attached hydrogen (secondary N) is 1. The smallest absolute Gasteiger partial charge is 0.229 e. The fourth-order valence-corrected chi connectivity index (χ4v) is 2.47. The van der Waals surface area contributed by atoms with E-state index < -0.39 is 0 Å². The highest BCUT2D eigenvalue weighted by atomic mass is 35.5. The van der Waals surface area contributed by atoms with Gasteiger partial charge in [0.15, 0.2) is 0 Å². The van der Waals surface area contributed by atoms with Gasteiger partial charge in [0.05, 0.1) is 10.0 Å². The van der Waals surface area contributed by atoms with Crippen LogP contribution in [-0.2, 0) is 0 Å². The van der Waals surface area contributed by atoms with Gasteiger partial charge in [-0.05, 0) is 37.1 Å². The molecule has 6 heteroatoms. The molecule has 0 unspecified atom stereocenters.